The molecule has 2 aliphatic heterocycles. The molecule has 44 heavy (non-hydrogen) atoms. The lowest BCUT2D eigenvalue weighted by Gasteiger charge is -2.53. The summed E-state index contributed by atoms with van der Waals surface area (Å²) in [5.41, 5.74) is 2.45. The van der Waals surface area contributed by atoms with Gasteiger partial charge in [0.25, 0.3) is 0 Å². The van der Waals surface area contributed by atoms with Crippen LogP contribution in [0.5, 0.6) is 17.8 Å². The Morgan fingerprint density at radius 3 is 2.07 bits per heavy atom. The number of piperazine rings is 2. The van der Waals surface area contributed by atoms with E-state index in [2.05, 4.69) is 19.8 Å². The van der Waals surface area contributed by atoms with E-state index < -0.39 is 6.61 Å². The zero-order valence-corrected chi connectivity index (χ0v) is 25.5. The van der Waals surface area contributed by atoms with E-state index in [1.807, 2.05) is 13.8 Å². The molecule has 0 radical (unpaired) electrons. The normalized spacial score (nSPS) is 19.2. The van der Waals surface area contributed by atoms with Gasteiger partial charge >= 0.3 is 6.01 Å². The first-order valence-electron chi connectivity index (χ1n) is 14.7. The Balaban J connectivity index is 1.57. The summed E-state index contributed by atoms with van der Waals surface area (Å²) in [6.07, 6.45) is -0.166. The van der Waals surface area contributed by atoms with Crippen molar-refractivity contribution >= 4 is 5.91 Å². The summed E-state index contributed by atoms with van der Waals surface area (Å²) < 4.78 is 45.1. The highest BCUT2D eigenvalue weighted by atomic mass is 19.1. The number of hydrogen-bond donors (Lipinski definition) is 1. The first-order chi connectivity index (χ1) is 21.2. The van der Waals surface area contributed by atoms with Crippen molar-refractivity contribution in [3.8, 4) is 17.8 Å². The molecule has 2 saturated heterocycles. The molecular weight excluding hydrogens is 572 g/mol. The molecule has 3 heterocycles. The van der Waals surface area contributed by atoms with E-state index in [-0.39, 0.29) is 47.7 Å². The number of halogens is 2. The SMILES string of the molecule is COc1nc(OC)c(CN2C[C@@H]3CN(C(=O)CO)CCN3[C@H](C(c3ccc(F)cc3)c3ccc(F)cc3)C2)c(OC(C)C)n1. The van der Waals surface area contributed by atoms with Gasteiger partial charge in [0.1, 0.15) is 18.2 Å². The van der Waals surface area contributed by atoms with Crippen molar-refractivity contribution in [3.63, 3.8) is 0 Å². The standard InChI is InChI=1S/C32H39F2N5O5/c1-20(2)44-31-26(30(42-3)35-32(36-31)43-4)17-37-15-25-16-38(28(41)19-40)13-14-39(25)27(18-37)29(21-5-9-23(33)10-6-21)22-7-11-24(34)12-8-22/h5-12,20,25,27,29,40H,13-19H2,1-4H3/t25-,27+/m1/s1. The fourth-order valence-electron chi connectivity index (χ4n) is 6.30. The number of amides is 1. The number of hydrogen-bond acceptors (Lipinski definition) is 9. The van der Waals surface area contributed by atoms with Gasteiger partial charge < -0.3 is 24.2 Å². The average molecular weight is 612 g/mol. The van der Waals surface area contributed by atoms with Gasteiger partial charge in [0, 0.05) is 57.3 Å². The molecule has 0 saturated carbocycles. The summed E-state index contributed by atoms with van der Waals surface area (Å²) in [4.78, 5) is 27.8. The molecule has 3 aromatic rings. The van der Waals surface area contributed by atoms with E-state index in [9.17, 15) is 18.7 Å². The predicted molar refractivity (Wildman–Crippen MR) is 159 cm³/mol. The molecule has 0 spiro atoms. The maximum absolute atomic E-state index is 14.1. The fraction of sp³-hybridized carbons (Fsp3) is 0.469. The van der Waals surface area contributed by atoms with Crippen molar-refractivity contribution < 1.29 is 32.9 Å². The highest BCUT2D eigenvalue weighted by Gasteiger charge is 2.43. The summed E-state index contributed by atoms with van der Waals surface area (Å²) in [6, 6.07) is 12.8. The molecule has 2 fully saturated rings. The maximum atomic E-state index is 14.1. The van der Waals surface area contributed by atoms with Crippen molar-refractivity contribution in [2.45, 2.75) is 44.5 Å². The predicted octanol–water partition coefficient (Wildman–Crippen LogP) is 3.08. The lowest BCUT2D eigenvalue weighted by atomic mass is 9.81. The largest absolute Gasteiger partial charge is 0.481 e. The quantitative estimate of drug-likeness (QED) is 0.371. The fourth-order valence-corrected chi connectivity index (χ4v) is 6.30. The number of aliphatic hydroxyl groups excluding tert-OH is 1. The number of rotatable bonds is 10. The number of fused-ring (bicyclic) bond motifs is 1. The minimum Gasteiger partial charge on any atom is -0.481 e. The highest BCUT2D eigenvalue weighted by molar-refractivity contribution is 5.77. The van der Waals surface area contributed by atoms with Crippen LogP contribution in [0.4, 0.5) is 8.78 Å². The van der Waals surface area contributed by atoms with Crippen LogP contribution in [0.1, 0.15) is 36.5 Å². The zero-order chi connectivity index (χ0) is 31.4. The van der Waals surface area contributed by atoms with Crippen LogP contribution in [0.2, 0.25) is 0 Å². The Morgan fingerprint density at radius 1 is 0.909 bits per heavy atom. The molecule has 12 heteroatoms. The van der Waals surface area contributed by atoms with Gasteiger partial charge in [-0.05, 0) is 49.2 Å². The van der Waals surface area contributed by atoms with Crippen LogP contribution in [-0.4, -0.2) is 107 Å². The summed E-state index contributed by atoms with van der Waals surface area (Å²) >= 11 is 0. The maximum Gasteiger partial charge on any atom is 0.322 e. The van der Waals surface area contributed by atoms with Gasteiger partial charge in [-0.1, -0.05) is 24.3 Å². The molecule has 1 aromatic heterocycles. The molecular formula is C32H39F2N5O5. The number of ether oxygens (including phenoxy) is 3. The van der Waals surface area contributed by atoms with Gasteiger partial charge in [-0.2, -0.15) is 9.97 Å². The Hall–Kier alpha value is -3.87. The number of carbonyl (C=O) groups is 1. The number of carbonyl (C=O) groups excluding carboxylic acids is 1. The monoisotopic (exact) mass is 611 g/mol. The lowest BCUT2D eigenvalue weighted by molar-refractivity contribution is -0.139. The van der Waals surface area contributed by atoms with E-state index in [1.54, 1.807) is 29.2 Å². The highest BCUT2D eigenvalue weighted by Crippen LogP contribution is 2.38. The Labute approximate surface area is 256 Å². The van der Waals surface area contributed by atoms with Crippen LogP contribution in [0.25, 0.3) is 0 Å². The van der Waals surface area contributed by atoms with Crippen LogP contribution >= 0.6 is 0 Å². The number of nitrogens with zero attached hydrogens (tertiary/aromatic N) is 5. The van der Waals surface area contributed by atoms with Gasteiger partial charge in [0.2, 0.25) is 17.7 Å². The van der Waals surface area contributed by atoms with Crippen LogP contribution in [0.3, 0.4) is 0 Å². The first kappa shape index (κ1) is 31.6. The molecule has 1 N–H and O–H groups in total. The van der Waals surface area contributed by atoms with Crippen molar-refractivity contribution in [2.24, 2.45) is 0 Å². The molecule has 2 atom stereocenters. The van der Waals surface area contributed by atoms with Crippen molar-refractivity contribution in [1.29, 1.82) is 0 Å². The molecule has 0 bridgehead atoms. The molecule has 10 nitrogen and oxygen atoms in total. The molecule has 2 aliphatic rings. The molecule has 0 aliphatic carbocycles. The molecule has 5 rings (SSSR count). The van der Waals surface area contributed by atoms with Crippen LogP contribution < -0.4 is 14.2 Å². The number of methoxy groups -OCH3 is 2. The Morgan fingerprint density at radius 2 is 1.52 bits per heavy atom. The van der Waals surface area contributed by atoms with Crippen LogP contribution in [-0.2, 0) is 11.3 Å². The Bertz CT molecular complexity index is 1380. The zero-order valence-electron chi connectivity index (χ0n) is 25.5. The molecule has 236 valence electrons. The third-order valence-electron chi connectivity index (χ3n) is 8.22. The van der Waals surface area contributed by atoms with Gasteiger partial charge in [-0.25, -0.2) is 8.78 Å². The Kier molecular flexibility index (Phi) is 9.92. The minimum absolute atomic E-state index is 0.0824. The van der Waals surface area contributed by atoms with Crippen LogP contribution in [0, 0.1) is 11.6 Å². The smallest absolute Gasteiger partial charge is 0.322 e. The third kappa shape index (κ3) is 6.92. The van der Waals surface area contributed by atoms with E-state index in [1.165, 1.54) is 38.5 Å². The molecule has 0 unspecified atom stereocenters. The first-order valence-corrected chi connectivity index (χ1v) is 14.7. The summed E-state index contributed by atoms with van der Waals surface area (Å²) in [6.45, 7) is 6.31. The summed E-state index contributed by atoms with van der Waals surface area (Å²) in [5, 5.41) is 9.59. The number of aliphatic hydroxyl groups is 1. The second-order valence-electron chi connectivity index (χ2n) is 11.4. The van der Waals surface area contributed by atoms with Crippen molar-refractivity contribution in [1.82, 2.24) is 24.7 Å². The average Bonchev–Trinajstić information content (AvgIpc) is 3.02. The van der Waals surface area contributed by atoms with Gasteiger partial charge in [-0.15, -0.1) is 0 Å². The summed E-state index contributed by atoms with van der Waals surface area (Å²) in [5.74, 6) is -0.532. The van der Waals surface area contributed by atoms with Crippen LogP contribution in [0.15, 0.2) is 48.5 Å². The minimum atomic E-state index is -0.552. The molecule has 1 amide bonds. The van der Waals surface area contributed by atoms with E-state index in [0.717, 1.165) is 11.1 Å². The van der Waals surface area contributed by atoms with E-state index in [0.29, 0.717) is 56.6 Å². The van der Waals surface area contributed by atoms with Crippen molar-refractivity contribution in [3.05, 3.63) is 76.9 Å². The lowest BCUT2D eigenvalue weighted by Crippen LogP contribution is -2.67. The number of benzene rings is 2. The number of aromatic nitrogens is 2. The van der Waals surface area contributed by atoms with Gasteiger partial charge in [0.05, 0.1) is 25.9 Å². The topological polar surface area (TPSA) is 100 Å². The molecule has 2 aromatic carbocycles. The third-order valence-corrected chi connectivity index (χ3v) is 8.22. The van der Waals surface area contributed by atoms with E-state index in [4.69, 9.17) is 14.2 Å². The van der Waals surface area contributed by atoms with Crippen molar-refractivity contribution in [2.75, 3.05) is 53.6 Å². The second kappa shape index (κ2) is 13.8. The second-order valence-corrected chi connectivity index (χ2v) is 11.4. The van der Waals surface area contributed by atoms with E-state index >= 15 is 0 Å². The van der Waals surface area contributed by atoms with Gasteiger partial charge in [0.15, 0.2) is 0 Å². The van der Waals surface area contributed by atoms with Gasteiger partial charge in [-0.3, -0.25) is 14.6 Å². The summed E-state index contributed by atoms with van der Waals surface area (Å²) in [7, 11) is 3.01.